The Kier molecular flexibility index (Phi) is 12.1. The van der Waals surface area contributed by atoms with E-state index < -0.39 is 58.7 Å². The standard InChI is InChI=1S/C45H53BrN4O9/c1-43-15-14-32(52)18-28(43)8-11-33-34-19-29-23-50(25-45(29,37(54)24-51)44(34,2)20-36(53)41(33)43)31-9-6-26(7-10-31)16-27-4-3-5-30(17-27)48-42(59)35(12-13-40(57)58)49-39(56)22-47-38(55)21-46/h3-7,9-10,14-15,17-18,29,33-36,41,51,53H,8,11-13,16,19-25H2,1-2H3,(H,47,55)(H,48,59)(H,49,56)(H,57,58)/t29-,33-,34-,35-,36-,41+,43-,44-,45+/m0/s1. The van der Waals surface area contributed by atoms with Gasteiger partial charge in [-0.25, -0.2) is 0 Å². The number of Topliss-reactive ketones (excluding diaryl/α,β-unsaturated/α-hetero) is 1. The number of hydrogen-bond acceptors (Lipinski definition) is 9. The second kappa shape index (κ2) is 16.8. The van der Waals surface area contributed by atoms with Crippen molar-refractivity contribution in [3.63, 3.8) is 0 Å². The fourth-order valence-electron chi connectivity index (χ4n) is 11.8. The first-order valence-corrected chi connectivity index (χ1v) is 21.6. The highest BCUT2D eigenvalue weighted by Crippen LogP contribution is 2.72. The van der Waals surface area contributed by atoms with Gasteiger partial charge in [-0.15, -0.1) is 0 Å². The summed E-state index contributed by atoms with van der Waals surface area (Å²) in [6.45, 7) is 4.57. The molecular weight excluding hydrogens is 820 g/mol. The predicted octanol–water partition coefficient (Wildman–Crippen LogP) is 3.95. The number of carboxylic acids is 1. The smallest absolute Gasteiger partial charge is 0.303 e. The fourth-order valence-corrected chi connectivity index (χ4v) is 12.0. The molecule has 13 nitrogen and oxygen atoms in total. The van der Waals surface area contributed by atoms with Crippen LogP contribution in [-0.2, 0) is 35.2 Å². The van der Waals surface area contributed by atoms with E-state index in [1.807, 2.05) is 42.5 Å². The molecule has 0 aromatic heterocycles. The Morgan fingerprint density at radius 1 is 1.03 bits per heavy atom. The number of nitrogens with one attached hydrogen (secondary N) is 3. The number of amides is 3. The lowest BCUT2D eigenvalue weighted by atomic mass is 9.44. The average Bonchev–Trinajstić information content (AvgIpc) is 3.71. The number of carbonyl (C=O) groups excluding carboxylic acids is 5. The number of fused-ring (bicyclic) bond motifs is 7. The summed E-state index contributed by atoms with van der Waals surface area (Å²) in [7, 11) is 0. The monoisotopic (exact) mass is 872 g/mol. The third-order valence-electron chi connectivity index (χ3n) is 14.4. The van der Waals surface area contributed by atoms with Gasteiger partial charge in [-0.2, -0.15) is 0 Å². The maximum atomic E-state index is 14.1. The lowest BCUT2D eigenvalue weighted by Gasteiger charge is -2.60. The molecule has 14 heteroatoms. The zero-order valence-electron chi connectivity index (χ0n) is 33.4. The molecule has 0 bridgehead atoms. The first kappa shape index (κ1) is 42.5. The molecule has 2 aromatic carbocycles. The summed E-state index contributed by atoms with van der Waals surface area (Å²) in [5.74, 6) is -2.49. The van der Waals surface area contributed by atoms with E-state index in [1.165, 1.54) is 0 Å². The third kappa shape index (κ3) is 7.91. The molecule has 314 valence electrons. The second-order valence-corrected chi connectivity index (χ2v) is 18.1. The predicted molar refractivity (Wildman–Crippen MR) is 224 cm³/mol. The van der Waals surface area contributed by atoms with Crippen LogP contribution in [-0.4, -0.2) is 94.3 Å². The topological polar surface area (TPSA) is 202 Å². The Balaban J connectivity index is 1.03. The largest absolute Gasteiger partial charge is 0.481 e. The highest BCUT2D eigenvalue weighted by molar-refractivity contribution is 9.09. The minimum absolute atomic E-state index is 0.000485. The molecule has 0 spiro atoms. The van der Waals surface area contributed by atoms with Gasteiger partial charge in [0.2, 0.25) is 17.7 Å². The summed E-state index contributed by atoms with van der Waals surface area (Å²) in [5.41, 5.74) is 2.75. The Bertz CT molecular complexity index is 2090. The molecule has 3 saturated carbocycles. The van der Waals surface area contributed by atoms with Crippen molar-refractivity contribution >= 4 is 62.6 Å². The van der Waals surface area contributed by atoms with E-state index in [0.29, 0.717) is 31.6 Å². The third-order valence-corrected chi connectivity index (χ3v) is 14.9. The minimum atomic E-state index is -1.13. The number of anilines is 2. The van der Waals surface area contributed by atoms with Gasteiger partial charge in [0.25, 0.3) is 0 Å². The maximum absolute atomic E-state index is 14.1. The molecule has 6 N–H and O–H groups in total. The first-order chi connectivity index (χ1) is 28.1. The van der Waals surface area contributed by atoms with Gasteiger partial charge in [-0.3, -0.25) is 28.8 Å². The minimum Gasteiger partial charge on any atom is -0.481 e. The van der Waals surface area contributed by atoms with E-state index in [9.17, 15) is 44.1 Å². The van der Waals surface area contributed by atoms with Crippen molar-refractivity contribution in [2.75, 3.05) is 41.8 Å². The summed E-state index contributed by atoms with van der Waals surface area (Å²) in [4.78, 5) is 77.1. The Morgan fingerprint density at radius 2 is 1.80 bits per heavy atom. The van der Waals surface area contributed by atoms with Gasteiger partial charge in [0.15, 0.2) is 11.6 Å². The fraction of sp³-hybridized carbons (Fsp3) is 0.511. The normalized spacial score (nSPS) is 30.9. The van der Waals surface area contributed by atoms with Crippen LogP contribution in [0, 0.1) is 39.9 Å². The molecule has 0 unspecified atom stereocenters. The average molecular weight is 874 g/mol. The SMILES string of the molecule is C[C@]12C=CC(=O)C=C1CC[C@@H]1[C@@H]2[C@@H](O)C[C@@]2(C)[C@H]1C[C@H]1CN(c3ccc(Cc4cccc(NC(=O)[C@H](CCC(=O)O)NC(=O)CNC(=O)CBr)c4)cc3)C[C@]12C(=O)CO. The van der Waals surface area contributed by atoms with Crippen LogP contribution in [0.1, 0.15) is 63.5 Å². The zero-order valence-corrected chi connectivity index (χ0v) is 35.0. The Labute approximate surface area is 352 Å². The number of nitrogens with zero attached hydrogens (tertiary/aromatic N) is 1. The van der Waals surface area contributed by atoms with Crippen molar-refractivity contribution in [2.45, 2.75) is 70.9 Å². The van der Waals surface area contributed by atoms with Crippen LogP contribution in [0.3, 0.4) is 0 Å². The number of alkyl halides is 1. The zero-order chi connectivity index (χ0) is 42.3. The number of ketones is 2. The van der Waals surface area contributed by atoms with E-state index >= 15 is 0 Å². The lowest BCUT2D eigenvalue weighted by Crippen LogP contribution is -2.60. The highest BCUT2D eigenvalue weighted by Gasteiger charge is 2.73. The maximum Gasteiger partial charge on any atom is 0.303 e. The van der Waals surface area contributed by atoms with Gasteiger partial charge in [0, 0.05) is 42.2 Å². The molecule has 2 aromatic rings. The van der Waals surface area contributed by atoms with Gasteiger partial charge < -0.3 is 36.2 Å². The molecule has 1 heterocycles. The van der Waals surface area contributed by atoms with Gasteiger partial charge in [-0.05, 0) is 109 Å². The number of allylic oxidation sites excluding steroid dienone is 4. The number of aliphatic hydroxyl groups is 2. The van der Waals surface area contributed by atoms with E-state index in [0.717, 1.165) is 41.6 Å². The van der Waals surface area contributed by atoms with Crippen molar-refractivity contribution in [2.24, 2.45) is 39.9 Å². The number of carbonyl (C=O) groups is 6. The molecule has 4 fully saturated rings. The van der Waals surface area contributed by atoms with E-state index in [1.54, 1.807) is 24.3 Å². The van der Waals surface area contributed by atoms with E-state index in [-0.39, 0.29) is 60.0 Å². The summed E-state index contributed by atoms with van der Waals surface area (Å²) >= 11 is 3.00. The van der Waals surface area contributed by atoms with Crippen LogP contribution in [0.4, 0.5) is 11.4 Å². The van der Waals surface area contributed by atoms with Gasteiger partial charge >= 0.3 is 5.97 Å². The van der Waals surface area contributed by atoms with Crippen molar-refractivity contribution in [3.05, 3.63) is 83.5 Å². The van der Waals surface area contributed by atoms with Crippen LogP contribution >= 0.6 is 15.9 Å². The van der Waals surface area contributed by atoms with Crippen LogP contribution in [0.5, 0.6) is 0 Å². The molecule has 7 rings (SSSR count). The number of carboxylic acid groups (broad SMARTS) is 1. The summed E-state index contributed by atoms with van der Waals surface area (Å²) in [6, 6.07) is 14.3. The molecule has 3 amide bonds. The van der Waals surface area contributed by atoms with Crippen molar-refractivity contribution < 1.29 is 44.1 Å². The van der Waals surface area contributed by atoms with Crippen LogP contribution in [0.2, 0.25) is 0 Å². The Morgan fingerprint density at radius 3 is 2.51 bits per heavy atom. The van der Waals surface area contributed by atoms with Crippen LogP contribution in [0.25, 0.3) is 0 Å². The quantitative estimate of drug-likeness (QED) is 0.151. The van der Waals surface area contributed by atoms with E-state index in [2.05, 4.69) is 50.6 Å². The number of halogens is 1. The summed E-state index contributed by atoms with van der Waals surface area (Å²) < 4.78 is 0. The molecule has 1 saturated heterocycles. The van der Waals surface area contributed by atoms with Crippen molar-refractivity contribution in [3.8, 4) is 0 Å². The number of hydrogen-bond donors (Lipinski definition) is 6. The van der Waals surface area contributed by atoms with Crippen molar-refractivity contribution in [1.82, 2.24) is 10.6 Å². The number of rotatable bonds is 14. The van der Waals surface area contributed by atoms with Crippen LogP contribution in [0.15, 0.2) is 72.3 Å². The number of benzene rings is 2. The van der Waals surface area contributed by atoms with Crippen LogP contribution < -0.4 is 20.9 Å². The van der Waals surface area contributed by atoms with Gasteiger partial charge in [-0.1, -0.05) is 65.7 Å². The Hall–Kier alpha value is -4.66. The first-order valence-electron chi connectivity index (χ1n) is 20.5. The molecule has 9 atom stereocenters. The summed E-state index contributed by atoms with van der Waals surface area (Å²) in [5, 5.41) is 39.4. The molecule has 4 aliphatic carbocycles. The molecule has 1 aliphatic heterocycles. The van der Waals surface area contributed by atoms with Crippen molar-refractivity contribution in [1.29, 1.82) is 0 Å². The van der Waals surface area contributed by atoms with Gasteiger partial charge in [0.1, 0.15) is 12.6 Å². The number of aliphatic hydroxyl groups excluding tert-OH is 2. The highest BCUT2D eigenvalue weighted by atomic mass is 79.9. The second-order valence-electron chi connectivity index (χ2n) is 17.6. The molecule has 0 radical (unpaired) electrons. The van der Waals surface area contributed by atoms with E-state index in [4.69, 9.17) is 0 Å². The molecular formula is C45H53BrN4O9. The molecule has 59 heavy (non-hydrogen) atoms. The molecule has 5 aliphatic rings. The number of aliphatic carboxylic acids is 1. The lowest BCUT2D eigenvalue weighted by molar-refractivity contribution is -0.157. The van der Waals surface area contributed by atoms with Gasteiger partial charge in [0.05, 0.1) is 23.4 Å². The summed E-state index contributed by atoms with van der Waals surface area (Å²) in [6.07, 6.45) is 7.78.